The first-order chi connectivity index (χ1) is 8.77. The molecule has 0 radical (unpaired) electrons. The topological polar surface area (TPSA) is 35.5 Å². The van der Waals surface area contributed by atoms with Gasteiger partial charge >= 0.3 is 0 Å². The Morgan fingerprint density at radius 1 is 1.28 bits per heavy atom. The van der Waals surface area contributed by atoms with Gasteiger partial charge in [-0.05, 0) is 32.0 Å². The molecule has 1 aliphatic rings. The molecule has 0 aromatic heterocycles. The van der Waals surface area contributed by atoms with Crippen molar-refractivity contribution in [2.45, 2.75) is 18.9 Å². The number of nitrogens with one attached hydrogen (secondary N) is 1. The molecule has 1 aromatic carbocycles. The molecule has 1 fully saturated rings. The number of likely N-dealkylation sites (tertiary alicyclic amines) is 1. The van der Waals surface area contributed by atoms with Crippen LogP contribution in [0.1, 0.15) is 24.5 Å². The van der Waals surface area contributed by atoms with Gasteiger partial charge in [0.25, 0.3) is 0 Å². The molecule has 0 aliphatic carbocycles. The van der Waals surface area contributed by atoms with Crippen molar-refractivity contribution in [1.82, 2.24) is 10.2 Å². The van der Waals surface area contributed by atoms with Gasteiger partial charge in [0.05, 0.1) is 6.10 Å². The van der Waals surface area contributed by atoms with Gasteiger partial charge < -0.3 is 15.3 Å². The van der Waals surface area contributed by atoms with Gasteiger partial charge in [0, 0.05) is 30.2 Å². The molecule has 0 amide bonds. The average Bonchev–Trinajstić information content (AvgIpc) is 2.88. The van der Waals surface area contributed by atoms with Crippen LogP contribution in [-0.4, -0.2) is 42.7 Å². The van der Waals surface area contributed by atoms with Gasteiger partial charge in [-0.2, -0.15) is 0 Å². The lowest BCUT2D eigenvalue weighted by Crippen LogP contribution is -2.32. The first-order valence-electron chi connectivity index (χ1n) is 6.63. The summed E-state index contributed by atoms with van der Waals surface area (Å²) >= 11 is 6.04. The smallest absolute Gasteiger partial charge is 0.0928 e. The number of rotatable bonds is 6. The van der Waals surface area contributed by atoms with E-state index in [2.05, 4.69) is 10.2 Å². The minimum absolute atomic E-state index is 0.530. The van der Waals surface area contributed by atoms with Gasteiger partial charge in [0.1, 0.15) is 0 Å². The Balaban J connectivity index is 1.68. The summed E-state index contributed by atoms with van der Waals surface area (Å²) < 4.78 is 0. The van der Waals surface area contributed by atoms with Crippen LogP contribution in [0.4, 0.5) is 0 Å². The van der Waals surface area contributed by atoms with Crippen molar-refractivity contribution in [2.24, 2.45) is 0 Å². The summed E-state index contributed by atoms with van der Waals surface area (Å²) in [7, 11) is 0. The lowest BCUT2D eigenvalue weighted by molar-refractivity contribution is 0.173. The average molecular weight is 269 g/mol. The third-order valence-corrected chi connectivity index (χ3v) is 3.75. The van der Waals surface area contributed by atoms with Crippen LogP contribution in [0.5, 0.6) is 0 Å². The first-order valence-corrected chi connectivity index (χ1v) is 7.01. The number of aliphatic hydroxyl groups excluding tert-OH is 1. The summed E-state index contributed by atoms with van der Waals surface area (Å²) in [5, 5.41) is 14.0. The summed E-state index contributed by atoms with van der Waals surface area (Å²) in [6.45, 7) is 4.97. The van der Waals surface area contributed by atoms with E-state index in [1.165, 1.54) is 25.9 Å². The maximum Gasteiger partial charge on any atom is 0.0928 e. The normalized spacial score (nSPS) is 18.1. The molecule has 1 aromatic rings. The van der Waals surface area contributed by atoms with E-state index in [1.807, 2.05) is 24.3 Å². The van der Waals surface area contributed by atoms with Crippen molar-refractivity contribution in [3.8, 4) is 0 Å². The second-order valence-corrected chi connectivity index (χ2v) is 5.20. The van der Waals surface area contributed by atoms with Crippen LogP contribution in [0, 0.1) is 0 Å². The molecule has 0 saturated carbocycles. The zero-order chi connectivity index (χ0) is 12.8. The zero-order valence-electron chi connectivity index (χ0n) is 10.6. The summed E-state index contributed by atoms with van der Waals surface area (Å²) in [6.07, 6.45) is 2.11. The number of hydrogen-bond donors (Lipinski definition) is 2. The van der Waals surface area contributed by atoms with E-state index in [-0.39, 0.29) is 0 Å². The minimum atomic E-state index is -0.530. The fourth-order valence-electron chi connectivity index (χ4n) is 2.34. The quantitative estimate of drug-likeness (QED) is 0.776. The molecule has 2 N–H and O–H groups in total. The number of aliphatic hydroxyl groups is 1. The summed E-state index contributed by atoms with van der Waals surface area (Å²) in [4.78, 5) is 2.45. The Bertz CT molecular complexity index is 367. The molecule has 1 atom stereocenters. The highest BCUT2D eigenvalue weighted by Crippen LogP contribution is 2.21. The summed E-state index contributed by atoms with van der Waals surface area (Å²) in [5.41, 5.74) is 0.799. The Morgan fingerprint density at radius 2 is 2.00 bits per heavy atom. The third-order valence-electron chi connectivity index (χ3n) is 3.41. The van der Waals surface area contributed by atoms with E-state index in [1.54, 1.807) is 0 Å². The first kappa shape index (κ1) is 13.8. The van der Waals surface area contributed by atoms with Gasteiger partial charge in [-0.1, -0.05) is 29.8 Å². The van der Waals surface area contributed by atoms with E-state index < -0.39 is 6.10 Å². The van der Waals surface area contributed by atoms with Crippen LogP contribution in [0.3, 0.4) is 0 Å². The van der Waals surface area contributed by atoms with Gasteiger partial charge in [-0.25, -0.2) is 0 Å². The number of benzene rings is 1. The maximum absolute atomic E-state index is 10.0. The highest BCUT2D eigenvalue weighted by Gasteiger charge is 2.12. The van der Waals surface area contributed by atoms with Crippen LogP contribution in [0.2, 0.25) is 5.02 Å². The van der Waals surface area contributed by atoms with E-state index in [0.29, 0.717) is 11.6 Å². The SMILES string of the molecule is OC(CNCCN1CCCC1)c1ccccc1Cl. The lowest BCUT2D eigenvalue weighted by atomic mass is 10.1. The molecular formula is C14H21ClN2O. The van der Waals surface area contributed by atoms with Gasteiger partial charge in [-0.15, -0.1) is 0 Å². The van der Waals surface area contributed by atoms with Crippen LogP contribution < -0.4 is 5.32 Å². The van der Waals surface area contributed by atoms with E-state index in [4.69, 9.17) is 11.6 Å². The third kappa shape index (κ3) is 3.95. The number of halogens is 1. The van der Waals surface area contributed by atoms with E-state index in [9.17, 15) is 5.11 Å². The molecule has 2 rings (SSSR count). The Kier molecular flexibility index (Phi) is 5.45. The van der Waals surface area contributed by atoms with E-state index in [0.717, 1.165) is 18.7 Å². The van der Waals surface area contributed by atoms with Gasteiger partial charge in [0.2, 0.25) is 0 Å². The predicted molar refractivity (Wildman–Crippen MR) is 75.0 cm³/mol. The fraction of sp³-hybridized carbons (Fsp3) is 0.571. The van der Waals surface area contributed by atoms with Crippen LogP contribution >= 0.6 is 11.6 Å². The molecule has 1 aliphatic heterocycles. The second-order valence-electron chi connectivity index (χ2n) is 4.79. The summed E-state index contributed by atoms with van der Waals surface area (Å²) in [6, 6.07) is 7.45. The highest BCUT2D eigenvalue weighted by atomic mass is 35.5. The van der Waals surface area contributed by atoms with Crippen LogP contribution in [0.15, 0.2) is 24.3 Å². The second kappa shape index (κ2) is 7.10. The molecule has 4 heteroatoms. The molecule has 1 unspecified atom stereocenters. The fourth-order valence-corrected chi connectivity index (χ4v) is 2.60. The van der Waals surface area contributed by atoms with Crippen molar-refractivity contribution in [2.75, 3.05) is 32.7 Å². The molecule has 1 heterocycles. The lowest BCUT2D eigenvalue weighted by Gasteiger charge is -2.17. The van der Waals surface area contributed by atoms with Crippen LogP contribution in [-0.2, 0) is 0 Å². The van der Waals surface area contributed by atoms with E-state index >= 15 is 0 Å². The van der Waals surface area contributed by atoms with Gasteiger partial charge in [0.15, 0.2) is 0 Å². The minimum Gasteiger partial charge on any atom is -0.387 e. The monoisotopic (exact) mass is 268 g/mol. The van der Waals surface area contributed by atoms with Crippen LogP contribution in [0.25, 0.3) is 0 Å². The highest BCUT2D eigenvalue weighted by molar-refractivity contribution is 6.31. The van der Waals surface area contributed by atoms with Gasteiger partial charge in [-0.3, -0.25) is 0 Å². The Hall–Kier alpha value is -0.610. The maximum atomic E-state index is 10.0. The predicted octanol–water partition coefficient (Wildman–Crippen LogP) is 2.06. The molecule has 1 saturated heterocycles. The molecule has 0 bridgehead atoms. The molecular weight excluding hydrogens is 248 g/mol. The zero-order valence-corrected chi connectivity index (χ0v) is 11.4. The van der Waals surface area contributed by atoms with Crippen molar-refractivity contribution >= 4 is 11.6 Å². The number of nitrogens with zero attached hydrogens (tertiary/aromatic N) is 1. The number of hydrogen-bond acceptors (Lipinski definition) is 3. The summed E-state index contributed by atoms with van der Waals surface area (Å²) in [5.74, 6) is 0. The Morgan fingerprint density at radius 3 is 2.72 bits per heavy atom. The van der Waals surface area contributed by atoms with Crippen molar-refractivity contribution in [3.63, 3.8) is 0 Å². The van der Waals surface area contributed by atoms with Crippen molar-refractivity contribution in [3.05, 3.63) is 34.9 Å². The molecule has 18 heavy (non-hydrogen) atoms. The largest absolute Gasteiger partial charge is 0.387 e. The van der Waals surface area contributed by atoms with Crippen molar-refractivity contribution in [1.29, 1.82) is 0 Å². The van der Waals surface area contributed by atoms with Crippen molar-refractivity contribution < 1.29 is 5.11 Å². The molecule has 3 nitrogen and oxygen atoms in total. The Labute approximate surface area is 114 Å². The standard InChI is InChI=1S/C14H21ClN2O/c15-13-6-2-1-5-12(13)14(18)11-16-7-10-17-8-3-4-9-17/h1-2,5-6,14,16,18H,3-4,7-11H2. The molecule has 0 spiro atoms. The molecule has 100 valence electrons.